The Morgan fingerprint density at radius 2 is 1.96 bits per heavy atom. The van der Waals surface area contributed by atoms with Crippen LogP contribution in [0.4, 0.5) is 0 Å². The molecule has 0 fully saturated rings. The molecule has 0 amide bonds. The number of hydrogen-bond acceptors (Lipinski definition) is 4. The lowest BCUT2D eigenvalue weighted by Crippen LogP contribution is -2.21. The fraction of sp³-hybridized carbons (Fsp3) is 0.333. The summed E-state index contributed by atoms with van der Waals surface area (Å²) in [6.45, 7) is 2.05. The first kappa shape index (κ1) is 18.9. The maximum atomic E-state index is 9.60. The highest BCUT2D eigenvalue weighted by Crippen LogP contribution is 2.28. The Labute approximate surface area is 152 Å². The predicted molar refractivity (Wildman–Crippen MR) is 99.2 cm³/mol. The molecule has 1 atom stereocenters. The monoisotopic (exact) mass is 368 g/mol. The van der Waals surface area contributed by atoms with Gasteiger partial charge in [-0.05, 0) is 60.8 Å². The molecule has 4 N–H and O–H groups in total. The number of benzene rings is 2. The van der Waals surface area contributed by atoms with E-state index in [1.54, 1.807) is 12.1 Å². The van der Waals surface area contributed by atoms with Crippen molar-refractivity contribution in [1.29, 1.82) is 0 Å². The number of nitrogens with one attached hydrogen (secondary N) is 1. The summed E-state index contributed by atoms with van der Waals surface area (Å²) < 4.78 is 5.11. The maximum Gasteiger partial charge on any atom is 0.160 e. The predicted octanol–water partition coefficient (Wildman–Crippen LogP) is 3.93. The summed E-state index contributed by atoms with van der Waals surface area (Å²) in [6, 6.07) is 11.0. The first-order chi connectivity index (χ1) is 11.5. The van der Waals surface area contributed by atoms with E-state index >= 15 is 0 Å². The van der Waals surface area contributed by atoms with Crippen molar-refractivity contribution in [3.63, 3.8) is 0 Å². The molecule has 2 aromatic carbocycles. The van der Waals surface area contributed by atoms with Crippen LogP contribution < -0.4 is 15.8 Å². The lowest BCUT2D eigenvalue weighted by Gasteiger charge is -2.16. The largest absolute Gasteiger partial charge is 0.504 e. The van der Waals surface area contributed by atoms with Crippen molar-refractivity contribution >= 4 is 23.2 Å². The van der Waals surface area contributed by atoms with Crippen molar-refractivity contribution in [2.75, 3.05) is 20.2 Å². The average molecular weight is 369 g/mol. The second-order valence-electron chi connectivity index (χ2n) is 5.58. The second kappa shape index (κ2) is 9.14. The molecule has 0 aliphatic heterocycles. The molecule has 2 aromatic rings. The lowest BCUT2D eigenvalue weighted by atomic mass is 9.96. The molecule has 0 aliphatic rings. The third kappa shape index (κ3) is 5.02. The van der Waals surface area contributed by atoms with Crippen LogP contribution in [0.3, 0.4) is 0 Å². The third-order valence-electron chi connectivity index (χ3n) is 3.94. The van der Waals surface area contributed by atoms with Gasteiger partial charge in [-0.25, -0.2) is 0 Å². The zero-order chi connectivity index (χ0) is 17.5. The molecule has 0 radical (unpaired) electrons. The number of rotatable bonds is 8. The van der Waals surface area contributed by atoms with Gasteiger partial charge in [-0.1, -0.05) is 35.3 Å². The van der Waals surface area contributed by atoms with Crippen molar-refractivity contribution in [3.05, 3.63) is 57.6 Å². The minimum Gasteiger partial charge on any atom is -0.504 e. The molecule has 0 saturated carbocycles. The molecule has 0 bridgehead atoms. The first-order valence-electron chi connectivity index (χ1n) is 7.76. The molecule has 2 rings (SSSR count). The number of aromatic hydroxyl groups is 1. The molecule has 24 heavy (non-hydrogen) atoms. The van der Waals surface area contributed by atoms with Crippen LogP contribution in [0.2, 0.25) is 10.0 Å². The molecule has 0 aliphatic carbocycles. The number of phenolic OH excluding ortho intramolecular Hbond substituents is 1. The summed E-state index contributed by atoms with van der Waals surface area (Å²) in [5.41, 5.74) is 8.03. The molecule has 4 nitrogen and oxygen atoms in total. The minimum absolute atomic E-state index is 0.143. The summed E-state index contributed by atoms with van der Waals surface area (Å²) in [5, 5.41) is 14.1. The number of hydrogen-bond donors (Lipinski definition) is 3. The van der Waals surface area contributed by atoms with Gasteiger partial charge in [0.15, 0.2) is 11.5 Å². The van der Waals surface area contributed by atoms with E-state index in [1.807, 2.05) is 24.3 Å². The van der Waals surface area contributed by atoms with Crippen LogP contribution in [0.1, 0.15) is 23.5 Å². The summed E-state index contributed by atoms with van der Waals surface area (Å²) in [7, 11) is 1.54. The number of phenols is 1. The van der Waals surface area contributed by atoms with Crippen LogP contribution in [-0.2, 0) is 6.54 Å². The fourth-order valence-corrected chi connectivity index (χ4v) is 2.83. The molecule has 0 heterocycles. The lowest BCUT2D eigenvalue weighted by molar-refractivity contribution is 0.372. The topological polar surface area (TPSA) is 67.5 Å². The highest BCUT2D eigenvalue weighted by atomic mass is 35.5. The van der Waals surface area contributed by atoms with E-state index in [-0.39, 0.29) is 11.7 Å². The Balaban J connectivity index is 1.87. The van der Waals surface area contributed by atoms with E-state index in [2.05, 4.69) is 5.32 Å². The molecule has 0 saturated heterocycles. The number of ether oxygens (including phenoxy) is 1. The van der Waals surface area contributed by atoms with Crippen molar-refractivity contribution in [2.24, 2.45) is 5.73 Å². The van der Waals surface area contributed by atoms with E-state index in [1.165, 1.54) is 7.11 Å². The van der Waals surface area contributed by atoms with Gasteiger partial charge >= 0.3 is 0 Å². The van der Waals surface area contributed by atoms with Crippen LogP contribution in [0, 0.1) is 0 Å². The van der Waals surface area contributed by atoms with Gasteiger partial charge in [-0.2, -0.15) is 0 Å². The van der Waals surface area contributed by atoms with Gasteiger partial charge in [-0.15, -0.1) is 0 Å². The molecule has 6 heteroatoms. The number of methoxy groups -OCH3 is 1. The fourth-order valence-electron chi connectivity index (χ4n) is 2.53. The quantitative estimate of drug-likeness (QED) is 0.617. The summed E-state index contributed by atoms with van der Waals surface area (Å²) in [5.74, 6) is 0.843. The zero-order valence-electron chi connectivity index (χ0n) is 13.6. The van der Waals surface area contributed by atoms with Crippen LogP contribution >= 0.6 is 23.2 Å². The third-order valence-corrected chi connectivity index (χ3v) is 4.68. The Morgan fingerprint density at radius 1 is 1.17 bits per heavy atom. The Hall–Kier alpha value is -1.46. The zero-order valence-corrected chi connectivity index (χ0v) is 15.1. The van der Waals surface area contributed by atoms with E-state index < -0.39 is 0 Å². The summed E-state index contributed by atoms with van der Waals surface area (Å²) >= 11 is 12.0. The number of halogens is 2. The van der Waals surface area contributed by atoms with Gasteiger partial charge in [0, 0.05) is 6.54 Å². The molecular weight excluding hydrogens is 347 g/mol. The maximum absolute atomic E-state index is 9.60. The Kier molecular flexibility index (Phi) is 7.18. The van der Waals surface area contributed by atoms with Crippen molar-refractivity contribution in [1.82, 2.24) is 5.32 Å². The highest BCUT2D eigenvalue weighted by molar-refractivity contribution is 6.42. The summed E-state index contributed by atoms with van der Waals surface area (Å²) in [4.78, 5) is 0. The van der Waals surface area contributed by atoms with Gasteiger partial charge in [0.25, 0.3) is 0 Å². The van der Waals surface area contributed by atoms with E-state index in [9.17, 15) is 5.11 Å². The van der Waals surface area contributed by atoms with Gasteiger partial charge < -0.3 is 20.9 Å². The summed E-state index contributed by atoms with van der Waals surface area (Å²) in [6.07, 6.45) is 0.893. The first-order valence-corrected chi connectivity index (χ1v) is 8.52. The van der Waals surface area contributed by atoms with Crippen LogP contribution in [-0.4, -0.2) is 25.3 Å². The van der Waals surface area contributed by atoms with Gasteiger partial charge in [-0.3, -0.25) is 0 Å². The minimum atomic E-state index is 0.143. The standard InChI is InChI=1S/C18H22Cl2N2O2/c1-24-18-8-12(2-5-17(18)23)11-22-7-6-14(10-21)13-3-4-15(19)16(20)9-13/h2-5,8-9,14,22-23H,6-7,10-11,21H2,1H3. The molecular formula is C18H22Cl2N2O2. The van der Waals surface area contributed by atoms with Gasteiger partial charge in [0.1, 0.15) is 0 Å². The number of nitrogens with two attached hydrogens (primary N) is 1. The van der Waals surface area contributed by atoms with Crippen molar-refractivity contribution < 1.29 is 9.84 Å². The molecule has 0 spiro atoms. The second-order valence-corrected chi connectivity index (χ2v) is 6.39. The van der Waals surface area contributed by atoms with Crippen LogP contribution in [0.5, 0.6) is 11.5 Å². The van der Waals surface area contributed by atoms with E-state index in [4.69, 9.17) is 33.7 Å². The Morgan fingerprint density at radius 3 is 2.62 bits per heavy atom. The van der Waals surface area contributed by atoms with Crippen molar-refractivity contribution in [3.8, 4) is 11.5 Å². The Bertz CT molecular complexity index is 680. The van der Waals surface area contributed by atoms with Gasteiger partial charge in [0.05, 0.1) is 17.2 Å². The molecule has 0 aromatic heterocycles. The smallest absolute Gasteiger partial charge is 0.160 e. The molecule has 130 valence electrons. The van der Waals surface area contributed by atoms with Crippen molar-refractivity contribution in [2.45, 2.75) is 18.9 Å². The normalized spacial score (nSPS) is 12.2. The van der Waals surface area contributed by atoms with E-state index in [0.29, 0.717) is 28.9 Å². The highest BCUT2D eigenvalue weighted by Gasteiger charge is 2.11. The van der Waals surface area contributed by atoms with E-state index in [0.717, 1.165) is 24.1 Å². The average Bonchev–Trinajstić information content (AvgIpc) is 2.59. The van der Waals surface area contributed by atoms with Crippen LogP contribution in [0.15, 0.2) is 36.4 Å². The van der Waals surface area contributed by atoms with Crippen LogP contribution in [0.25, 0.3) is 0 Å². The van der Waals surface area contributed by atoms with Gasteiger partial charge in [0.2, 0.25) is 0 Å². The SMILES string of the molecule is COc1cc(CNCCC(CN)c2ccc(Cl)c(Cl)c2)ccc1O. The molecule has 1 unspecified atom stereocenters.